The maximum absolute atomic E-state index is 10.9. The van der Waals surface area contributed by atoms with Crippen molar-refractivity contribution in [2.24, 2.45) is 5.73 Å². The molecule has 1 unspecified atom stereocenters. The molecule has 0 saturated heterocycles. The highest BCUT2D eigenvalue weighted by molar-refractivity contribution is 5.82. The van der Waals surface area contributed by atoms with E-state index < -0.39 is 16.9 Å². The first-order valence-corrected chi connectivity index (χ1v) is 4.84. The lowest BCUT2D eigenvalue weighted by atomic mass is 10.2. The van der Waals surface area contributed by atoms with Gasteiger partial charge in [-0.3, -0.25) is 14.9 Å². The van der Waals surface area contributed by atoms with Crippen LogP contribution in [0.5, 0.6) is 5.75 Å². The molecule has 1 atom stereocenters. The minimum atomic E-state index is -0.568. The van der Waals surface area contributed by atoms with Crippen LogP contribution < -0.4 is 15.8 Å². The van der Waals surface area contributed by atoms with Crippen LogP contribution in [0.3, 0.4) is 0 Å². The van der Waals surface area contributed by atoms with Gasteiger partial charge in [0.05, 0.1) is 12.0 Å². The van der Waals surface area contributed by atoms with Crippen LogP contribution in [-0.2, 0) is 4.79 Å². The average molecular weight is 239 g/mol. The number of benzene rings is 1. The van der Waals surface area contributed by atoms with Gasteiger partial charge in [0.1, 0.15) is 6.04 Å². The number of rotatable bonds is 5. The van der Waals surface area contributed by atoms with E-state index in [-0.39, 0.29) is 11.4 Å². The summed E-state index contributed by atoms with van der Waals surface area (Å²) in [6.45, 7) is 1.59. The van der Waals surface area contributed by atoms with Crippen molar-refractivity contribution in [2.45, 2.75) is 13.0 Å². The summed E-state index contributed by atoms with van der Waals surface area (Å²) in [6, 6.07) is 3.66. The maximum Gasteiger partial charge on any atom is 0.311 e. The first kappa shape index (κ1) is 12.8. The Morgan fingerprint density at radius 3 is 2.71 bits per heavy atom. The van der Waals surface area contributed by atoms with E-state index in [0.29, 0.717) is 5.69 Å². The van der Waals surface area contributed by atoms with E-state index in [1.54, 1.807) is 6.92 Å². The summed E-state index contributed by atoms with van der Waals surface area (Å²) >= 11 is 0. The highest BCUT2D eigenvalue weighted by Gasteiger charge is 2.16. The summed E-state index contributed by atoms with van der Waals surface area (Å²) in [7, 11) is 1.34. The predicted octanol–water partition coefficient (Wildman–Crippen LogP) is 0.889. The normalized spacial score (nSPS) is 11.6. The van der Waals surface area contributed by atoms with Gasteiger partial charge in [-0.15, -0.1) is 0 Å². The zero-order chi connectivity index (χ0) is 13.0. The van der Waals surface area contributed by atoms with Crippen molar-refractivity contribution >= 4 is 17.3 Å². The van der Waals surface area contributed by atoms with Crippen molar-refractivity contribution in [3.8, 4) is 5.75 Å². The van der Waals surface area contributed by atoms with Gasteiger partial charge in [0.25, 0.3) is 0 Å². The molecule has 0 aromatic heterocycles. The van der Waals surface area contributed by atoms with Gasteiger partial charge in [0.2, 0.25) is 5.91 Å². The first-order chi connectivity index (χ1) is 7.95. The van der Waals surface area contributed by atoms with Crippen LogP contribution in [0.15, 0.2) is 18.2 Å². The van der Waals surface area contributed by atoms with Gasteiger partial charge >= 0.3 is 5.69 Å². The van der Waals surface area contributed by atoms with Gasteiger partial charge in [-0.25, -0.2) is 0 Å². The van der Waals surface area contributed by atoms with E-state index in [0.717, 1.165) is 0 Å². The van der Waals surface area contributed by atoms with Crippen LogP contribution in [0.1, 0.15) is 6.92 Å². The van der Waals surface area contributed by atoms with E-state index in [9.17, 15) is 14.9 Å². The van der Waals surface area contributed by atoms with Crippen molar-refractivity contribution in [2.75, 3.05) is 12.4 Å². The third kappa shape index (κ3) is 3.07. The summed E-state index contributed by atoms with van der Waals surface area (Å²) in [5.41, 5.74) is 5.48. The second-order valence-electron chi connectivity index (χ2n) is 3.41. The van der Waals surface area contributed by atoms with E-state index >= 15 is 0 Å². The molecular weight excluding hydrogens is 226 g/mol. The topological polar surface area (TPSA) is 107 Å². The van der Waals surface area contributed by atoms with Crippen molar-refractivity contribution < 1.29 is 14.5 Å². The fourth-order valence-corrected chi connectivity index (χ4v) is 1.24. The zero-order valence-electron chi connectivity index (χ0n) is 9.47. The maximum atomic E-state index is 10.9. The Bertz CT molecular complexity index is 447. The van der Waals surface area contributed by atoms with E-state index in [1.165, 1.54) is 25.3 Å². The van der Waals surface area contributed by atoms with Crippen molar-refractivity contribution in [1.82, 2.24) is 0 Å². The second kappa shape index (κ2) is 5.15. The number of carbonyl (C=O) groups excluding carboxylic acids is 1. The van der Waals surface area contributed by atoms with Crippen LogP contribution in [0.4, 0.5) is 11.4 Å². The lowest BCUT2D eigenvalue weighted by Gasteiger charge is -2.12. The van der Waals surface area contributed by atoms with E-state index in [1.807, 2.05) is 0 Å². The highest BCUT2D eigenvalue weighted by Crippen LogP contribution is 2.29. The Morgan fingerprint density at radius 1 is 1.59 bits per heavy atom. The Kier molecular flexibility index (Phi) is 3.86. The summed E-state index contributed by atoms with van der Waals surface area (Å²) in [4.78, 5) is 21.0. The Morgan fingerprint density at radius 2 is 2.24 bits per heavy atom. The van der Waals surface area contributed by atoms with Crippen LogP contribution in [-0.4, -0.2) is 24.0 Å². The predicted molar refractivity (Wildman–Crippen MR) is 61.9 cm³/mol. The summed E-state index contributed by atoms with van der Waals surface area (Å²) in [5.74, 6) is -0.390. The van der Waals surface area contributed by atoms with Crippen LogP contribution in [0.2, 0.25) is 0 Å². The number of hydrogen-bond acceptors (Lipinski definition) is 5. The lowest BCUT2D eigenvalue weighted by Crippen LogP contribution is -2.32. The minimum absolute atomic E-state index is 0.122. The highest BCUT2D eigenvalue weighted by atomic mass is 16.6. The van der Waals surface area contributed by atoms with Crippen molar-refractivity contribution in [3.05, 3.63) is 28.3 Å². The van der Waals surface area contributed by atoms with E-state index in [2.05, 4.69) is 5.32 Å². The Balaban J connectivity index is 2.97. The number of nitrogens with two attached hydrogens (primary N) is 1. The zero-order valence-corrected chi connectivity index (χ0v) is 9.47. The fourth-order valence-electron chi connectivity index (χ4n) is 1.24. The second-order valence-corrected chi connectivity index (χ2v) is 3.41. The third-order valence-electron chi connectivity index (χ3n) is 2.19. The molecule has 7 heteroatoms. The number of nitrogens with zero attached hydrogens (tertiary/aromatic N) is 1. The average Bonchev–Trinajstić information content (AvgIpc) is 2.28. The summed E-state index contributed by atoms with van der Waals surface area (Å²) in [6.07, 6.45) is 0. The molecular formula is C10H13N3O4. The molecule has 0 aliphatic carbocycles. The molecule has 92 valence electrons. The van der Waals surface area contributed by atoms with Gasteiger partial charge in [-0.05, 0) is 13.0 Å². The Labute approximate surface area is 97.7 Å². The molecule has 1 amide bonds. The number of nitro benzene ring substituents is 1. The Hall–Kier alpha value is -2.31. The molecule has 3 N–H and O–H groups in total. The lowest BCUT2D eigenvalue weighted by molar-refractivity contribution is -0.385. The van der Waals surface area contributed by atoms with Crippen LogP contribution in [0.25, 0.3) is 0 Å². The number of primary amides is 1. The quantitative estimate of drug-likeness (QED) is 0.586. The van der Waals surface area contributed by atoms with Gasteiger partial charge in [0.15, 0.2) is 5.75 Å². The van der Waals surface area contributed by atoms with Gasteiger partial charge in [-0.2, -0.15) is 0 Å². The smallest absolute Gasteiger partial charge is 0.311 e. The molecule has 7 nitrogen and oxygen atoms in total. The first-order valence-electron chi connectivity index (χ1n) is 4.84. The van der Waals surface area contributed by atoms with Crippen LogP contribution >= 0.6 is 0 Å². The molecule has 0 heterocycles. The standard InChI is InChI=1S/C10H13N3O4/c1-6(10(11)14)12-7-3-4-8(13(15)16)9(5-7)17-2/h3-6,12H,1-2H3,(H2,11,14). The van der Waals surface area contributed by atoms with Gasteiger partial charge in [-0.1, -0.05) is 0 Å². The molecule has 1 aromatic carbocycles. The molecule has 1 rings (SSSR count). The third-order valence-corrected chi connectivity index (χ3v) is 2.19. The number of amides is 1. The number of nitro groups is 1. The molecule has 0 radical (unpaired) electrons. The van der Waals surface area contributed by atoms with Crippen LogP contribution in [0, 0.1) is 10.1 Å². The molecule has 0 bridgehead atoms. The number of methoxy groups -OCH3 is 1. The molecule has 0 aliphatic rings. The number of hydrogen-bond donors (Lipinski definition) is 2. The fraction of sp³-hybridized carbons (Fsp3) is 0.300. The molecule has 17 heavy (non-hydrogen) atoms. The number of nitrogens with one attached hydrogen (secondary N) is 1. The van der Waals surface area contributed by atoms with Gasteiger partial charge < -0.3 is 15.8 Å². The summed E-state index contributed by atoms with van der Waals surface area (Å²) < 4.78 is 4.89. The monoisotopic (exact) mass is 239 g/mol. The molecule has 1 aromatic rings. The molecule has 0 spiro atoms. The minimum Gasteiger partial charge on any atom is -0.490 e. The number of ether oxygens (including phenoxy) is 1. The number of carbonyl (C=O) groups is 1. The van der Waals surface area contributed by atoms with Crippen molar-refractivity contribution in [3.63, 3.8) is 0 Å². The van der Waals surface area contributed by atoms with Gasteiger partial charge in [0, 0.05) is 17.8 Å². The SMILES string of the molecule is COc1cc(NC(C)C(N)=O)ccc1[N+](=O)[O-]. The summed E-state index contributed by atoms with van der Waals surface area (Å²) in [5, 5.41) is 13.5. The number of anilines is 1. The van der Waals surface area contributed by atoms with Crippen molar-refractivity contribution in [1.29, 1.82) is 0 Å². The van der Waals surface area contributed by atoms with E-state index in [4.69, 9.17) is 10.5 Å². The molecule has 0 aliphatic heterocycles. The largest absolute Gasteiger partial charge is 0.490 e. The molecule has 0 fully saturated rings. The molecule has 0 saturated carbocycles.